The summed E-state index contributed by atoms with van der Waals surface area (Å²) in [7, 11) is 0. The lowest BCUT2D eigenvalue weighted by molar-refractivity contribution is -0.164. The average Bonchev–Trinajstić information content (AvgIpc) is 2.69. The molecule has 0 spiro atoms. The molecule has 2 aromatic rings. The van der Waals surface area contributed by atoms with E-state index in [9.17, 15) is 4.79 Å². The highest BCUT2D eigenvalue weighted by Crippen LogP contribution is 2.55. The molecule has 1 N–H and O–H groups in total. The van der Waals surface area contributed by atoms with Gasteiger partial charge in [-0.05, 0) is 60.7 Å². The Kier molecular flexibility index (Phi) is 5.93. The van der Waals surface area contributed by atoms with Crippen LogP contribution in [0.15, 0.2) is 36.4 Å². The number of carbonyl (C=O) groups excluding carboxylic acids is 1. The molecule has 0 radical (unpaired) electrons. The lowest BCUT2D eigenvalue weighted by Crippen LogP contribution is -2.74. The van der Waals surface area contributed by atoms with Gasteiger partial charge in [-0.25, -0.2) is 4.85 Å². The summed E-state index contributed by atoms with van der Waals surface area (Å²) in [6.45, 7) is 24.1. The maximum absolute atomic E-state index is 12.9. The monoisotopic (exact) mass is 418 g/mol. The number of nitrogens with one attached hydrogen (secondary N) is 1. The van der Waals surface area contributed by atoms with Crippen molar-refractivity contribution in [2.24, 2.45) is 10.8 Å². The van der Waals surface area contributed by atoms with Gasteiger partial charge in [0, 0.05) is 22.4 Å². The van der Waals surface area contributed by atoms with Crippen LogP contribution in [0.2, 0.25) is 0 Å². The van der Waals surface area contributed by atoms with Gasteiger partial charge in [0.05, 0.1) is 6.57 Å². The van der Waals surface area contributed by atoms with Crippen molar-refractivity contribution < 1.29 is 9.53 Å². The van der Waals surface area contributed by atoms with Gasteiger partial charge in [0.2, 0.25) is 0 Å². The highest BCUT2D eigenvalue weighted by Gasteiger charge is 2.64. The molecule has 0 aliphatic heterocycles. The zero-order chi connectivity index (χ0) is 23.1. The lowest BCUT2D eigenvalue weighted by atomic mass is 9.49. The minimum Gasteiger partial charge on any atom is -0.489 e. The fourth-order valence-corrected chi connectivity index (χ4v) is 5.33. The highest BCUT2D eigenvalue weighted by atomic mass is 16.5. The molecule has 1 aliphatic carbocycles. The Balaban J connectivity index is 1.77. The van der Waals surface area contributed by atoms with Gasteiger partial charge in [-0.2, -0.15) is 0 Å². The average molecular weight is 419 g/mol. The first-order valence-electron chi connectivity index (χ1n) is 11.0. The molecule has 164 valence electrons. The normalized spacial score (nSPS) is 21.2. The molecule has 2 aromatic carbocycles. The summed E-state index contributed by atoms with van der Waals surface area (Å²) in [6, 6.07) is 11.7. The van der Waals surface area contributed by atoms with Gasteiger partial charge < -0.3 is 10.1 Å². The van der Waals surface area contributed by atoms with Crippen LogP contribution in [0.25, 0.3) is 4.85 Å². The molecule has 1 amide bonds. The van der Waals surface area contributed by atoms with Gasteiger partial charge in [-0.3, -0.25) is 4.79 Å². The van der Waals surface area contributed by atoms with Gasteiger partial charge in [-0.15, -0.1) is 0 Å². The van der Waals surface area contributed by atoms with Crippen LogP contribution < -0.4 is 10.1 Å². The molecule has 1 saturated carbocycles. The Labute approximate surface area is 186 Å². The predicted octanol–water partition coefficient (Wildman–Crippen LogP) is 6.59. The third-order valence-corrected chi connectivity index (χ3v) is 6.78. The van der Waals surface area contributed by atoms with Crippen molar-refractivity contribution in [3.8, 4) is 5.75 Å². The van der Waals surface area contributed by atoms with Gasteiger partial charge in [0.25, 0.3) is 5.91 Å². The van der Waals surface area contributed by atoms with Crippen LogP contribution in [0.4, 0.5) is 5.69 Å². The number of nitrogens with zero attached hydrogens (tertiary/aromatic N) is 1. The Morgan fingerprint density at radius 2 is 1.55 bits per heavy atom. The summed E-state index contributed by atoms with van der Waals surface area (Å²) in [5.74, 6) is 1.17. The lowest BCUT2D eigenvalue weighted by Gasteiger charge is -2.63. The van der Waals surface area contributed by atoms with E-state index in [0.717, 1.165) is 16.9 Å². The molecule has 1 fully saturated rings. The molecular weight excluding hydrogens is 384 g/mol. The van der Waals surface area contributed by atoms with E-state index in [1.54, 1.807) is 0 Å². The summed E-state index contributed by atoms with van der Waals surface area (Å²) in [5, 5.41) is 3.26. The van der Waals surface area contributed by atoms with Crippen LogP contribution >= 0.6 is 0 Å². The van der Waals surface area contributed by atoms with Gasteiger partial charge in [-0.1, -0.05) is 53.7 Å². The molecule has 0 unspecified atom stereocenters. The summed E-state index contributed by atoms with van der Waals surface area (Å²) in [4.78, 5) is 16.6. The van der Waals surface area contributed by atoms with E-state index in [1.807, 2.05) is 50.2 Å². The van der Waals surface area contributed by atoms with Crippen LogP contribution in [-0.4, -0.2) is 18.1 Å². The quantitative estimate of drug-likeness (QED) is 0.557. The largest absolute Gasteiger partial charge is 0.489 e. The third kappa shape index (κ3) is 4.06. The molecule has 1 aliphatic rings. The Morgan fingerprint density at radius 1 is 1.03 bits per heavy atom. The van der Waals surface area contributed by atoms with Crippen LogP contribution in [0.1, 0.15) is 74.5 Å². The summed E-state index contributed by atoms with van der Waals surface area (Å²) >= 11 is 0. The van der Waals surface area contributed by atoms with Crippen molar-refractivity contribution in [1.29, 1.82) is 0 Å². The van der Waals surface area contributed by atoms with Crippen LogP contribution in [0.3, 0.4) is 0 Å². The Morgan fingerprint density at radius 3 is 2.00 bits per heavy atom. The number of benzene rings is 2. The zero-order valence-electron chi connectivity index (χ0n) is 20.0. The third-order valence-electron chi connectivity index (χ3n) is 6.78. The van der Waals surface area contributed by atoms with Crippen molar-refractivity contribution >= 4 is 11.6 Å². The summed E-state index contributed by atoms with van der Waals surface area (Å²) < 4.78 is 6.45. The first-order chi connectivity index (χ1) is 14.4. The number of aryl methyl sites for hydroxylation is 2. The fraction of sp³-hybridized carbons (Fsp3) is 0.481. The van der Waals surface area contributed by atoms with E-state index in [0.29, 0.717) is 17.2 Å². The zero-order valence-corrected chi connectivity index (χ0v) is 20.0. The maximum Gasteiger partial charge on any atom is 0.251 e. The maximum atomic E-state index is 12.9. The van der Waals surface area contributed by atoms with E-state index in [4.69, 9.17) is 11.3 Å². The van der Waals surface area contributed by atoms with Crippen molar-refractivity contribution in [2.75, 3.05) is 0 Å². The van der Waals surface area contributed by atoms with Gasteiger partial charge in [0.1, 0.15) is 11.9 Å². The molecule has 0 saturated heterocycles. The highest BCUT2D eigenvalue weighted by molar-refractivity contribution is 5.94. The predicted molar refractivity (Wildman–Crippen MR) is 126 cm³/mol. The van der Waals surface area contributed by atoms with E-state index in [-0.39, 0.29) is 28.9 Å². The Bertz CT molecular complexity index is 987. The molecular formula is C27H34N2O2. The van der Waals surface area contributed by atoms with E-state index < -0.39 is 0 Å². The number of carbonyl (C=O) groups is 1. The second-order valence-electron chi connectivity index (χ2n) is 10.3. The SMILES string of the molecule is [C-]#[N+]c1c(C)cc(OC2C(C)(C)C(NC(=O)c3ccc(C(C)C)cc3)C2(C)C)cc1C. The van der Waals surface area contributed by atoms with Crippen LogP contribution in [-0.2, 0) is 0 Å². The van der Waals surface area contributed by atoms with E-state index in [2.05, 4.69) is 51.7 Å². The summed E-state index contributed by atoms with van der Waals surface area (Å²) in [5.41, 5.74) is 3.97. The molecule has 0 bridgehead atoms. The number of hydrogen-bond acceptors (Lipinski definition) is 2. The Hall–Kier alpha value is -2.80. The first kappa shape index (κ1) is 22.9. The van der Waals surface area contributed by atoms with Crippen LogP contribution in [0, 0.1) is 31.2 Å². The standard InChI is InChI=1S/C27H34N2O2/c1-16(2)19-10-12-20(13-11-19)23(30)29-24-26(5,6)25(27(24,7)8)31-21-14-17(3)22(28-9)18(4)15-21/h10-16,24-25H,1-8H3,(H,29,30). The fourth-order valence-electron chi connectivity index (χ4n) is 5.33. The molecule has 0 heterocycles. The number of rotatable bonds is 5. The minimum absolute atomic E-state index is 0.0213. The smallest absolute Gasteiger partial charge is 0.251 e. The second kappa shape index (κ2) is 8.04. The second-order valence-corrected chi connectivity index (χ2v) is 10.3. The van der Waals surface area contributed by atoms with Gasteiger partial charge >= 0.3 is 0 Å². The number of hydrogen-bond donors (Lipinski definition) is 1. The molecule has 3 rings (SSSR count). The molecule has 0 aromatic heterocycles. The molecule has 31 heavy (non-hydrogen) atoms. The van der Waals surface area contributed by atoms with E-state index in [1.165, 1.54) is 5.56 Å². The topological polar surface area (TPSA) is 42.7 Å². The molecule has 4 heteroatoms. The van der Waals surface area contributed by atoms with Crippen LogP contribution in [0.5, 0.6) is 5.75 Å². The number of amides is 1. The van der Waals surface area contributed by atoms with Crippen molar-refractivity contribution in [2.45, 2.75) is 73.5 Å². The molecule has 0 atom stereocenters. The minimum atomic E-state index is -0.239. The summed E-state index contributed by atoms with van der Waals surface area (Å²) in [6.07, 6.45) is -0.0637. The van der Waals surface area contributed by atoms with E-state index >= 15 is 0 Å². The first-order valence-corrected chi connectivity index (χ1v) is 11.0. The van der Waals surface area contributed by atoms with Crippen molar-refractivity contribution in [1.82, 2.24) is 5.32 Å². The molecule has 4 nitrogen and oxygen atoms in total. The van der Waals surface area contributed by atoms with Crippen molar-refractivity contribution in [3.05, 3.63) is 70.1 Å². The van der Waals surface area contributed by atoms with Gasteiger partial charge in [0.15, 0.2) is 5.69 Å². The van der Waals surface area contributed by atoms with Crippen molar-refractivity contribution in [3.63, 3.8) is 0 Å². The number of ether oxygens (including phenoxy) is 1.